The molecule has 1 aliphatic rings. The minimum absolute atomic E-state index is 0.0614. The quantitative estimate of drug-likeness (QED) is 0.312. The number of aromatic nitrogens is 1. The van der Waals surface area contributed by atoms with Gasteiger partial charge in [0, 0.05) is 35.4 Å². The number of pyridine rings is 1. The monoisotopic (exact) mass is 535 g/mol. The second-order valence-corrected chi connectivity index (χ2v) is 9.92. The van der Waals surface area contributed by atoms with Crippen molar-refractivity contribution < 1.29 is 36.0 Å². The maximum absolute atomic E-state index is 13.5. The number of hydrogen-bond donors (Lipinski definition) is 3. The molecule has 1 aromatic heterocycles. The highest BCUT2D eigenvalue weighted by atomic mass is 32.2. The number of alkyl halides is 3. The van der Waals surface area contributed by atoms with Gasteiger partial charge in [-0.2, -0.15) is 13.2 Å². The maximum atomic E-state index is 13.5. The van der Waals surface area contributed by atoms with Crippen LogP contribution < -0.4 is 14.8 Å². The number of allylic oxidation sites excluding steroid dienone is 1. The lowest BCUT2D eigenvalue weighted by Crippen LogP contribution is -2.76. The number of nitrogens with two attached hydrogens (primary N) is 1. The van der Waals surface area contributed by atoms with Gasteiger partial charge in [-0.3, -0.25) is 4.72 Å². The molecule has 0 unspecified atom stereocenters. The zero-order valence-corrected chi connectivity index (χ0v) is 20.3. The number of nitrogens with one attached hydrogen (secondary N) is 2. The standard InChI is InChI=1S/C25H22F4N4O3S/c1-31-22(8-10-30)21-12-15(25(27,28)29)2-5-18(21)19-9-11-36-23-13-17(4-6-20(19)23)37(34,35)33-24-7-3-16(26)14-32-24/h2-8,10,12-14,19,30-31H,9,11H2,1H3,(H,32,33)/p+1/b22-8-,30-10?/t19-/m1/s1. The lowest BCUT2D eigenvalue weighted by Gasteiger charge is -2.28. The van der Waals surface area contributed by atoms with Crippen LogP contribution in [-0.2, 0) is 16.2 Å². The summed E-state index contributed by atoms with van der Waals surface area (Å²) in [6, 6.07) is 10.1. The number of fused-ring (bicyclic) bond motifs is 1. The largest absolute Gasteiger partial charge is 0.493 e. The minimum atomic E-state index is -4.54. The number of nitrogens with zero attached hydrogens (tertiary/aromatic N) is 1. The van der Waals surface area contributed by atoms with Crippen molar-refractivity contribution in [2.45, 2.75) is 23.4 Å². The number of anilines is 1. The summed E-state index contributed by atoms with van der Waals surface area (Å²) in [5, 5.41) is 9.05. The van der Waals surface area contributed by atoms with E-state index in [-0.39, 0.29) is 29.0 Å². The molecule has 12 heteroatoms. The molecule has 0 spiro atoms. The minimum Gasteiger partial charge on any atom is -0.493 e. The fraction of sp³-hybridized carbons (Fsp3) is 0.200. The first-order valence-electron chi connectivity index (χ1n) is 11.2. The van der Waals surface area contributed by atoms with Crippen LogP contribution in [0.4, 0.5) is 23.4 Å². The molecule has 0 saturated heterocycles. The van der Waals surface area contributed by atoms with E-state index in [1.54, 1.807) is 18.4 Å². The highest BCUT2D eigenvalue weighted by Gasteiger charge is 2.34. The SMILES string of the molecule is C[NH2+]/C(=C\C=N)c1cc(C(F)(F)F)ccc1[C@H]1CCOc2cc(S(=O)(=O)Nc3ccc(F)cn3)ccc21. The Balaban J connectivity index is 1.75. The van der Waals surface area contributed by atoms with Crippen molar-refractivity contribution in [3.05, 3.63) is 88.9 Å². The first-order valence-corrected chi connectivity index (χ1v) is 12.6. The summed E-state index contributed by atoms with van der Waals surface area (Å²) in [7, 11) is -2.40. The molecule has 0 bridgehead atoms. The molecule has 0 saturated carbocycles. The third kappa shape index (κ3) is 5.65. The average Bonchev–Trinajstić information content (AvgIpc) is 2.87. The number of hydrogen-bond acceptors (Lipinski definition) is 5. The zero-order chi connectivity index (χ0) is 26.8. The lowest BCUT2D eigenvalue weighted by atomic mass is 9.82. The van der Waals surface area contributed by atoms with E-state index in [1.165, 1.54) is 30.3 Å². The van der Waals surface area contributed by atoms with Crippen molar-refractivity contribution in [1.82, 2.24) is 4.98 Å². The molecule has 1 atom stereocenters. The second-order valence-electron chi connectivity index (χ2n) is 8.23. The normalized spacial score (nSPS) is 16.0. The highest BCUT2D eigenvalue weighted by molar-refractivity contribution is 7.92. The molecule has 4 N–H and O–H groups in total. The molecule has 2 heterocycles. The van der Waals surface area contributed by atoms with E-state index < -0.39 is 27.6 Å². The van der Waals surface area contributed by atoms with Crippen LogP contribution in [0.15, 0.2) is 65.7 Å². The van der Waals surface area contributed by atoms with Crippen molar-refractivity contribution in [2.24, 2.45) is 0 Å². The summed E-state index contributed by atoms with van der Waals surface area (Å²) >= 11 is 0. The van der Waals surface area contributed by atoms with Gasteiger partial charge in [-0.05, 0) is 42.3 Å². The van der Waals surface area contributed by atoms with Crippen molar-refractivity contribution in [3.63, 3.8) is 0 Å². The molecule has 2 aromatic carbocycles. The van der Waals surface area contributed by atoms with E-state index in [0.29, 0.717) is 28.8 Å². The molecular formula is C25H23F4N4O3S+. The van der Waals surface area contributed by atoms with Gasteiger partial charge in [-0.25, -0.2) is 17.8 Å². The number of benzene rings is 2. The number of rotatable bonds is 7. The van der Waals surface area contributed by atoms with Gasteiger partial charge in [0.15, 0.2) is 0 Å². The van der Waals surface area contributed by atoms with E-state index in [1.807, 2.05) is 0 Å². The molecule has 0 fully saturated rings. The third-order valence-corrected chi connectivity index (χ3v) is 7.29. The van der Waals surface area contributed by atoms with Gasteiger partial charge in [0.05, 0.1) is 30.3 Å². The first-order chi connectivity index (χ1) is 17.5. The van der Waals surface area contributed by atoms with Crippen LogP contribution in [0, 0.1) is 11.2 Å². The number of halogens is 4. The summed E-state index contributed by atoms with van der Waals surface area (Å²) < 4.78 is 87.3. The summed E-state index contributed by atoms with van der Waals surface area (Å²) in [5.41, 5.74) is 1.21. The maximum Gasteiger partial charge on any atom is 0.416 e. The van der Waals surface area contributed by atoms with Crippen molar-refractivity contribution >= 4 is 27.8 Å². The third-order valence-electron chi connectivity index (χ3n) is 5.94. The van der Waals surface area contributed by atoms with Crippen LogP contribution in [0.2, 0.25) is 0 Å². The Hall–Kier alpha value is -3.77. The molecule has 194 valence electrons. The van der Waals surface area contributed by atoms with Crippen LogP contribution >= 0.6 is 0 Å². The Morgan fingerprint density at radius 1 is 1.16 bits per heavy atom. The molecule has 0 aliphatic carbocycles. The summed E-state index contributed by atoms with van der Waals surface area (Å²) in [5.74, 6) is -0.763. The van der Waals surface area contributed by atoms with E-state index >= 15 is 0 Å². The van der Waals surface area contributed by atoms with Gasteiger partial charge in [-0.15, -0.1) is 0 Å². The van der Waals surface area contributed by atoms with Gasteiger partial charge in [0.25, 0.3) is 10.0 Å². The van der Waals surface area contributed by atoms with E-state index in [9.17, 15) is 26.0 Å². The predicted molar refractivity (Wildman–Crippen MR) is 129 cm³/mol. The Kier molecular flexibility index (Phi) is 7.32. The van der Waals surface area contributed by atoms with Crippen LogP contribution in [0.5, 0.6) is 5.75 Å². The Bertz CT molecular complexity index is 1460. The molecule has 0 amide bonds. The summed E-state index contributed by atoms with van der Waals surface area (Å²) in [6.45, 7) is 0.216. The van der Waals surface area contributed by atoms with Crippen molar-refractivity contribution in [2.75, 3.05) is 18.4 Å². The summed E-state index contributed by atoms with van der Waals surface area (Å²) in [6.07, 6.45) is -0.771. The Morgan fingerprint density at radius 2 is 1.92 bits per heavy atom. The molecule has 7 nitrogen and oxygen atoms in total. The molecule has 0 radical (unpaired) electrons. The summed E-state index contributed by atoms with van der Waals surface area (Å²) in [4.78, 5) is 3.59. The molecule has 1 aliphatic heterocycles. The van der Waals surface area contributed by atoms with Crippen LogP contribution in [-0.4, -0.2) is 33.3 Å². The smallest absolute Gasteiger partial charge is 0.416 e. The van der Waals surface area contributed by atoms with E-state index in [4.69, 9.17) is 10.1 Å². The average molecular weight is 536 g/mol. The zero-order valence-electron chi connectivity index (χ0n) is 19.5. The Labute approximate surface area is 210 Å². The van der Waals surface area contributed by atoms with Crippen LogP contribution in [0.3, 0.4) is 0 Å². The predicted octanol–water partition coefficient (Wildman–Crippen LogP) is 4.14. The van der Waals surface area contributed by atoms with E-state index in [2.05, 4.69) is 9.71 Å². The first kappa shape index (κ1) is 26.3. The van der Waals surface area contributed by atoms with Crippen LogP contribution in [0.1, 0.15) is 34.6 Å². The van der Waals surface area contributed by atoms with Crippen molar-refractivity contribution in [1.29, 1.82) is 5.41 Å². The van der Waals surface area contributed by atoms with Gasteiger partial charge in [-0.1, -0.05) is 12.1 Å². The number of quaternary nitrogens is 1. The topological polar surface area (TPSA) is 109 Å². The fourth-order valence-electron chi connectivity index (χ4n) is 4.21. The number of ether oxygens (including phenoxy) is 1. The molecule has 3 aromatic rings. The fourth-order valence-corrected chi connectivity index (χ4v) is 5.23. The Morgan fingerprint density at radius 3 is 2.57 bits per heavy atom. The van der Waals surface area contributed by atoms with Crippen LogP contribution in [0.25, 0.3) is 5.70 Å². The highest BCUT2D eigenvalue weighted by Crippen LogP contribution is 2.42. The molecular weight excluding hydrogens is 512 g/mol. The van der Waals surface area contributed by atoms with E-state index in [0.717, 1.165) is 30.6 Å². The second kappa shape index (κ2) is 10.3. The van der Waals surface area contributed by atoms with Gasteiger partial charge in [0.1, 0.15) is 23.1 Å². The van der Waals surface area contributed by atoms with Gasteiger partial charge < -0.3 is 15.5 Å². The molecule has 4 rings (SSSR count). The molecule has 37 heavy (non-hydrogen) atoms. The van der Waals surface area contributed by atoms with Crippen molar-refractivity contribution in [3.8, 4) is 5.75 Å². The number of sulfonamides is 1. The van der Waals surface area contributed by atoms with Gasteiger partial charge in [0.2, 0.25) is 0 Å². The van der Waals surface area contributed by atoms with Gasteiger partial charge >= 0.3 is 6.18 Å². The lowest BCUT2D eigenvalue weighted by molar-refractivity contribution is -0.530.